The SMILES string of the molecule is CN=C(NCCc1ccccc1Cl)NCCN1CCN(C(=O)C2CCCC2)CC1.I. The smallest absolute Gasteiger partial charge is 0.225 e. The second-order valence-corrected chi connectivity index (χ2v) is 8.32. The van der Waals surface area contributed by atoms with Crippen LogP contribution in [0.15, 0.2) is 29.3 Å². The van der Waals surface area contributed by atoms with Crippen LogP contribution in [-0.4, -0.2) is 74.5 Å². The molecular weight excluding hydrogens is 513 g/mol. The molecule has 30 heavy (non-hydrogen) atoms. The minimum Gasteiger partial charge on any atom is -0.356 e. The molecule has 6 nitrogen and oxygen atoms in total. The number of rotatable bonds is 7. The van der Waals surface area contributed by atoms with Gasteiger partial charge in [-0.05, 0) is 30.9 Å². The number of amides is 1. The first kappa shape index (κ1) is 25.2. The molecule has 2 N–H and O–H groups in total. The van der Waals surface area contributed by atoms with Gasteiger partial charge < -0.3 is 15.5 Å². The van der Waals surface area contributed by atoms with Crippen molar-refractivity contribution in [3.05, 3.63) is 34.9 Å². The Balaban J connectivity index is 0.00000320. The minimum absolute atomic E-state index is 0. The number of carbonyl (C=O) groups is 1. The van der Waals surface area contributed by atoms with E-state index in [2.05, 4.69) is 31.5 Å². The second kappa shape index (κ2) is 13.4. The van der Waals surface area contributed by atoms with E-state index in [1.807, 2.05) is 18.2 Å². The molecule has 2 fully saturated rings. The van der Waals surface area contributed by atoms with Gasteiger partial charge in [-0.15, -0.1) is 24.0 Å². The lowest BCUT2D eigenvalue weighted by molar-refractivity contribution is -0.137. The molecule has 168 valence electrons. The molecule has 1 aromatic rings. The van der Waals surface area contributed by atoms with Gasteiger partial charge in [0.05, 0.1) is 0 Å². The van der Waals surface area contributed by atoms with Gasteiger partial charge in [-0.2, -0.15) is 0 Å². The monoisotopic (exact) mass is 547 g/mol. The summed E-state index contributed by atoms with van der Waals surface area (Å²) < 4.78 is 0. The molecule has 1 saturated carbocycles. The van der Waals surface area contributed by atoms with Crippen LogP contribution in [0.4, 0.5) is 0 Å². The number of nitrogens with zero attached hydrogens (tertiary/aromatic N) is 3. The zero-order valence-corrected chi connectivity index (χ0v) is 21.0. The van der Waals surface area contributed by atoms with Crippen molar-refractivity contribution in [2.75, 3.05) is 52.9 Å². The number of hydrogen-bond acceptors (Lipinski definition) is 3. The van der Waals surface area contributed by atoms with E-state index < -0.39 is 0 Å². The van der Waals surface area contributed by atoms with Crippen molar-refractivity contribution in [3.8, 4) is 0 Å². The van der Waals surface area contributed by atoms with Crippen LogP contribution in [0.1, 0.15) is 31.2 Å². The molecule has 3 rings (SSSR count). The molecule has 0 bridgehead atoms. The first-order valence-corrected chi connectivity index (χ1v) is 11.2. The Labute approximate surface area is 202 Å². The standard InChI is InChI=1S/C22H34ClN5O.HI/c1-24-22(25-11-10-18-6-4-5-9-20(18)23)26-12-13-27-14-16-28(17-15-27)21(29)19-7-2-3-8-19;/h4-6,9,19H,2-3,7-8,10-17H2,1H3,(H2,24,25,26);1H. The van der Waals surface area contributed by atoms with Crippen LogP contribution in [0.3, 0.4) is 0 Å². The van der Waals surface area contributed by atoms with Crippen molar-refractivity contribution in [2.45, 2.75) is 32.1 Å². The molecule has 0 radical (unpaired) electrons. The lowest BCUT2D eigenvalue weighted by Crippen LogP contribution is -2.52. The maximum absolute atomic E-state index is 12.5. The molecule has 1 heterocycles. The number of nitrogens with one attached hydrogen (secondary N) is 2. The highest BCUT2D eigenvalue weighted by molar-refractivity contribution is 14.0. The topological polar surface area (TPSA) is 60.0 Å². The number of hydrogen-bond donors (Lipinski definition) is 2. The van der Waals surface area contributed by atoms with Crippen LogP contribution in [-0.2, 0) is 11.2 Å². The normalized spacial score (nSPS) is 18.2. The molecule has 1 aliphatic heterocycles. The van der Waals surface area contributed by atoms with E-state index in [-0.39, 0.29) is 24.0 Å². The Bertz CT molecular complexity index is 688. The molecule has 1 aliphatic carbocycles. The van der Waals surface area contributed by atoms with Gasteiger partial charge in [-0.3, -0.25) is 14.7 Å². The largest absolute Gasteiger partial charge is 0.356 e. The van der Waals surface area contributed by atoms with E-state index in [1.165, 1.54) is 12.8 Å². The Morgan fingerprint density at radius 3 is 2.43 bits per heavy atom. The quantitative estimate of drug-likeness (QED) is 0.313. The summed E-state index contributed by atoms with van der Waals surface area (Å²) in [5, 5.41) is 7.53. The molecule has 0 spiro atoms. The summed E-state index contributed by atoms with van der Waals surface area (Å²) in [6, 6.07) is 7.93. The minimum atomic E-state index is 0. The zero-order chi connectivity index (χ0) is 20.5. The molecule has 1 aromatic carbocycles. The predicted octanol–water partition coefficient (Wildman–Crippen LogP) is 3.00. The Morgan fingerprint density at radius 1 is 1.10 bits per heavy atom. The maximum Gasteiger partial charge on any atom is 0.225 e. The van der Waals surface area contributed by atoms with Crippen LogP contribution in [0.5, 0.6) is 0 Å². The molecule has 2 aliphatic rings. The summed E-state index contributed by atoms with van der Waals surface area (Å²) in [5.74, 6) is 1.50. The molecule has 1 amide bonds. The number of piperazine rings is 1. The summed E-state index contributed by atoms with van der Waals surface area (Å²) in [7, 11) is 1.79. The van der Waals surface area contributed by atoms with E-state index >= 15 is 0 Å². The third-order valence-corrected chi connectivity index (χ3v) is 6.35. The van der Waals surface area contributed by atoms with Crippen molar-refractivity contribution in [3.63, 3.8) is 0 Å². The van der Waals surface area contributed by atoms with Crippen molar-refractivity contribution >= 4 is 47.4 Å². The summed E-state index contributed by atoms with van der Waals surface area (Å²) >= 11 is 6.21. The van der Waals surface area contributed by atoms with Crippen LogP contribution >= 0.6 is 35.6 Å². The van der Waals surface area contributed by atoms with Gasteiger partial charge in [0.25, 0.3) is 0 Å². The van der Waals surface area contributed by atoms with Crippen molar-refractivity contribution in [1.82, 2.24) is 20.4 Å². The summed E-state index contributed by atoms with van der Waals surface area (Å²) in [5.41, 5.74) is 1.14. The lowest BCUT2D eigenvalue weighted by atomic mass is 10.1. The van der Waals surface area contributed by atoms with Gasteiger partial charge in [0.1, 0.15) is 0 Å². The van der Waals surface area contributed by atoms with E-state index in [0.717, 1.165) is 81.6 Å². The van der Waals surface area contributed by atoms with E-state index in [4.69, 9.17) is 11.6 Å². The van der Waals surface area contributed by atoms with Gasteiger partial charge in [-0.25, -0.2) is 0 Å². The summed E-state index contributed by atoms with van der Waals surface area (Å²) in [6.45, 7) is 6.21. The van der Waals surface area contributed by atoms with Crippen LogP contribution in [0.2, 0.25) is 5.02 Å². The number of aliphatic imine (C=N–C) groups is 1. The number of benzene rings is 1. The zero-order valence-electron chi connectivity index (χ0n) is 17.9. The Morgan fingerprint density at radius 2 is 1.77 bits per heavy atom. The average Bonchev–Trinajstić information content (AvgIpc) is 3.29. The van der Waals surface area contributed by atoms with Gasteiger partial charge in [0.2, 0.25) is 5.91 Å². The molecule has 0 aromatic heterocycles. The van der Waals surface area contributed by atoms with Gasteiger partial charge in [0, 0.05) is 63.8 Å². The highest BCUT2D eigenvalue weighted by Gasteiger charge is 2.29. The number of halogens is 2. The summed E-state index contributed by atoms with van der Waals surface area (Å²) in [6.07, 6.45) is 5.47. The van der Waals surface area contributed by atoms with Crippen LogP contribution in [0.25, 0.3) is 0 Å². The molecule has 8 heteroatoms. The number of guanidine groups is 1. The average molecular weight is 548 g/mol. The molecule has 1 saturated heterocycles. The third-order valence-electron chi connectivity index (χ3n) is 5.98. The predicted molar refractivity (Wildman–Crippen MR) is 135 cm³/mol. The third kappa shape index (κ3) is 7.57. The van der Waals surface area contributed by atoms with E-state index in [9.17, 15) is 4.79 Å². The summed E-state index contributed by atoms with van der Waals surface area (Å²) in [4.78, 5) is 21.3. The Kier molecular flexibility index (Phi) is 11.2. The van der Waals surface area contributed by atoms with Gasteiger partial charge in [0.15, 0.2) is 5.96 Å². The van der Waals surface area contributed by atoms with Crippen molar-refractivity contribution < 1.29 is 4.79 Å². The van der Waals surface area contributed by atoms with Gasteiger partial charge in [-0.1, -0.05) is 42.6 Å². The lowest BCUT2D eigenvalue weighted by Gasteiger charge is -2.36. The molecule has 0 unspecified atom stereocenters. The van der Waals surface area contributed by atoms with Crippen LogP contribution < -0.4 is 10.6 Å². The fourth-order valence-electron chi connectivity index (χ4n) is 4.19. The first-order chi connectivity index (χ1) is 14.2. The highest BCUT2D eigenvalue weighted by Crippen LogP contribution is 2.26. The van der Waals surface area contributed by atoms with E-state index in [1.54, 1.807) is 7.05 Å². The first-order valence-electron chi connectivity index (χ1n) is 10.9. The van der Waals surface area contributed by atoms with E-state index in [0.29, 0.717) is 11.8 Å². The van der Waals surface area contributed by atoms with Gasteiger partial charge >= 0.3 is 0 Å². The second-order valence-electron chi connectivity index (χ2n) is 7.92. The van der Waals surface area contributed by atoms with Crippen LogP contribution in [0, 0.1) is 5.92 Å². The fraction of sp³-hybridized carbons (Fsp3) is 0.636. The molecule has 0 atom stereocenters. The Hall–Kier alpha value is -1.06. The fourth-order valence-corrected chi connectivity index (χ4v) is 4.42. The highest BCUT2D eigenvalue weighted by atomic mass is 127. The van der Waals surface area contributed by atoms with Crippen molar-refractivity contribution in [1.29, 1.82) is 0 Å². The maximum atomic E-state index is 12.5. The molecular formula is C22H35ClIN5O. The van der Waals surface area contributed by atoms with Crippen molar-refractivity contribution in [2.24, 2.45) is 10.9 Å². The number of carbonyl (C=O) groups excluding carboxylic acids is 1.